The summed E-state index contributed by atoms with van der Waals surface area (Å²) < 4.78 is 31.2. The van der Waals surface area contributed by atoms with E-state index in [9.17, 15) is 13.2 Å². The molecule has 1 amide bonds. The molecule has 0 radical (unpaired) electrons. The van der Waals surface area contributed by atoms with Gasteiger partial charge in [0.05, 0.1) is 47.0 Å². The molecule has 1 aliphatic rings. The number of carbonyl (C=O) groups is 1. The van der Waals surface area contributed by atoms with Crippen molar-refractivity contribution in [2.24, 2.45) is 0 Å². The summed E-state index contributed by atoms with van der Waals surface area (Å²) in [6.07, 6.45) is 0.481. The third kappa shape index (κ3) is 4.64. The second-order valence-electron chi connectivity index (χ2n) is 8.74. The second kappa shape index (κ2) is 9.14. The predicted molar refractivity (Wildman–Crippen MR) is 134 cm³/mol. The molecule has 35 heavy (non-hydrogen) atoms. The molecule has 0 unspecified atom stereocenters. The van der Waals surface area contributed by atoms with Crippen molar-refractivity contribution in [3.05, 3.63) is 77.5 Å². The van der Waals surface area contributed by atoms with Gasteiger partial charge in [-0.2, -0.15) is 5.10 Å². The number of aromatic nitrogens is 3. The molecule has 0 saturated carbocycles. The van der Waals surface area contributed by atoms with Gasteiger partial charge < -0.3 is 10.1 Å². The molecular formula is C26H26N4O4S. The van der Waals surface area contributed by atoms with Crippen molar-refractivity contribution in [2.45, 2.75) is 25.9 Å². The number of carbonyl (C=O) groups excluding carboxylic acids is 1. The molecule has 8 nitrogen and oxygen atoms in total. The van der Waals surface area contributed by atoms with Crippen LogP contribution in [0.1, 0.15) is 34.1 Å². The van der Waals surface area contributed by atoms with Gasteiger partial charge in [-0.3, -0.25) is 4.79 Å². The fourth-order valence-corrected chi connectivity index (χ4v) is 6.18. The summed E-state index contributed by atoms with van der Waals surface area (Å²) >= 11 is 0. The predicted octanol–water partition coefficient (Wildman–Crippen LogP) is 3.70. The van der Waals surface area contributed by atoms with Crippen LogP contribution in [0.15, 0.2) is 60.7 Å². The first-order valence-electron chi connectivity index (χ1n) is 11.4. The lowest BCUT2D eigenvalue weighted by Crippen LogP contribution is -2.23. The van der Waals surface area contributed by atoms with Crippen molar-refractivity contribution in [3.8, 4) is 17.0 Å². The lowest BCUT2D eigenvalue weighted by atomic mass is 10.0. The fraction of sp³-hybridized carbons (Fsp3) is 0.269. The summed E-state index contributed by atoms with van der Waals surface area (Å²) in [5.41, 5.74) is 4.08. The Bertz CT molecular complexity index is 1500. The average molecular weight is 491 g/mol. The Kier molecular flexibility index (Phi) is 6.02. The van der Waals surface area contributed by atoms with Crippen molar-refractivity contribution < 1.29 is 17.9 Å². The molecule has 1 fully saturated rings. The second-order valence-corrected chi connectivity index (χ2v) is 11.0. The Labute approximate surface area is 203 Å². The molecule has 1 N–H and O–H groups in total. The van der Waals surface area contributed by atoms with Crippen LogP contribution in [0, 0.1) is 6.92 Å². The molecular weight excluding hydrogens is 464 g/mol. The van der Waals surface area contributed by atoms with Crippen LogP contribution in [0.5, 0.6) is 5.75 Å². The Morgan fingerprint density at radius 3 is 2.54 bits per heavy atom. The first-order chi connectivity index (χ1) is 16.8. The number of aryl methyl sites for hydroxylation is 1. The number of rotatable bonds is 6. The van der Waals surface area contributed by atoms with Crippen molar-refractivity contribution in [3.63, 3.8) is 0 Å². The van der Waals surface area contributed by atoms with Crippen LogP contribution in [-0.2, 0) is 16.4 Å². The molecule has 4 aromatic rings. The average Bonchev–Trinajstić information content (AvgIpc) is 3.41. The molecule has 2 aromatic heterocycles. The largest absolute Gasteiger partial charge is 0.497 e. The molecule has 0 bridgehead atoms. The summed E-state index contributed by atoms with van der Waals surface area (Å²) in [5.74, 6) is 0.665. The van der Waals surface area contributed by atoms with Gasteiger partial charge in [-0.25, -0.2) is 18.1 Å². The minimum Gasteiger partial charge on any atom is -0.497 e. The lowest BCUT2D eigenvalue weighted by molar-refractivity contribution is 0.0952. The van der Waals surface area contributed by atoms with E-state index < -0.39 is 9.84 Å². The zero-order valence-corrected chi connectivity index (χ0v) is 20.4. The molecule has 1 saturated heterocycles. The van der Waals surface area contributed by atoms with Gasteiger partial charge in [-0.05, 0) is 37.1 Å². The maximum atomic E-state index is 13.4. The highest BCUT2D eigenvalue weighted by Gasteiger charge is 2.32. The minimum atomic E-state index is -3.11. The van der Waals surface area contributed by atoms with E-state index in [1.54, 1.807) is 17.9 Å². The third-order valence-electron chi connectivity index (χ3n) is 6.32. The zero-order chi connectivity index (χ0) is 24.6. The van der Waals surface area contributed by atoms with E-state index >= 15 is 0 Å². The highest BCUT2D eigenvalue weighted by Crippen LogP contribution is 2.32. The Balaban J connectivity index is 1.56. The summed E-state index contributed by atoms with van der Waals surface area (Å²) in [5, 5.41) is 8.29. The molecule has 5 rings (SSSR count). The molecule has 1 atom stereocenters. The van der Waals surface area contributed by atoms with Crippen LogP contribution in [-0.4, -0.2) is 47.7 Å². The maximum Gasteiger partial charge on any atom is 0.252 e. The van der Waals surface area contributed by atoms with Crippen LogP contribution < -0.4 is 10.1 Å². The minimum absolute atomic E-state index is 0.0272. The van der Waals surface area contributed by atoms with E-state index in [1.807, 2.05) is 61.5 Å². The number of pyridine rings is 1. The molecule has 9 heteroatoms. The monoisotopic (exact) mass is 490 g/mol. The molecule has 1 aliphatic heterocycles. The van der Waals surface area contributed by atoms with Crippen molar-refractivity contribution in [1.82, 2.24) is 20.1 Å². The van der Waals surface area contributed by atoms with E-state index in [-0.39, 0.29) is 23.5 Å². The Morgan fingerprint density at radius 1 is 1.14 bits per heavy atom. The van der Waals surface area contributed by atoms with Gasteiger partial charge in [0.2, 0.25) is 0 Å². The summed E-state index contributed by atoms with van der Waals surface area (Å²) in [6, 6.07) is 18.6. The molecule has 2 aromatic carbocycles. The van der Waals surface area contributed by atoms with Gasteiger partial charge in [0.15, 0.2) is 15.5 Å². The van der Waals surface area contributed by atoms with Crippen molar-refractivity contribution >= 4 is 26.8 Å². The van der Waals surface area contributed by atoms with E-state index in [0.29, 0.717) is 41.0 Å². The van der Waals surface area contributed by atoms with Crippen LogP contribution in [0.25, 0.3) is 22.3 Å². The zero-order valence-electron chi connectivity index (χ0n) is 19.6. The number of nitrogens with one attached hydrogen (secondary N) is 1. The normalized spacial score (nSPS) is 16.9. The fourth-order valence-electron chi connectivity index (χ4n) is 4.49. The first-order valence-corrected chi connectivity index (χ1v) is 13.2. The smallest absolute Gasteiger partial charge is 0.252 e. The molecule has 0 aliphatic carbocycles. The summed E-state index contributed by atoms with van der Waals surface area (Å²) in [7, 11) is -1.50. The summed E-state index contributed by atoms with van der Waals surface area (Å²) in [6.45, 7) is 2.17. The van der Waals surface area contributed by atoms with Gasteiger partial charge in [0.25, 0.3) is 5.91 Å². The van der Waals surface area contributed by atoms with Gasteiger partial charge >= 0.3 is 0 Å². The number of hydrogen-bond acceptors (Lipinski definition) is 6. The van der Waals surface area contributed by atoms with Gasteiger partial charge in [-0.1, -0.05) is 42.5 Å². The highest BCUT2D eigenvalue weighted by molar-refractivity contribution is 7.91. The summed E-state index contributed by atoms with van der Waals surface area (Å²) in [4.78, 5) is 18.3. The molecule has 3 heterocycles. The van der Waals surface area contributed by atoms with Crippen molar-refractivity contribution in [2.75, 3.05) is 18.6 Å². The van der Waals surface area contributed by atoms with Crippen LogP contribution >= 0.6 is 0 Å². The van der Waals surface area contributed by atoms with E-state index in [0.717, 1.165) is 16.9 Å². The van der Waals surface area contributed by atoms with E-state index in [2.05, 4.69) is 10.4 Å². The number of sulfone groups is 1. The topological polar surface area (TPSA) is 103 Å². The van der Waals surface area contributed by atoms with Gasteiger partial charge in [0, 0.05) is 12.1 Å². The SMILES string of the molecule is COc1ccc(CNC(=O)c2cc(-c3ccccc3)nc3c2c(C)nn3[C@H]2CCS(=O)(=O)C2)cc1. The molecule has 180 valence electrons. The number of benzene rings is 2. The van der Waals surface area contributed by atoms with E-state index in [4.69, 9.17) is 9.72 Å². The Morgan fingerprint density at radius 2 is 1.89 bits per heavy atom. The molecule has 0 spiro atoms. The van der Waals surface area contributed by atoms with Crippen LogP contribution in [0.3, 0.4) is 0 Å². The van der Waals surface area contributed by atoms with Crippen LogP contribution in [0.4, 0.5) is 0 Å². The van der Waals surface area contributed by atoms with Gasteiger partial charge in [0.1, 0.15) is 5.75 Å². The first kappa shape index (κ1) is 23.0. The number of ether oxygens (including phenoxy) is 1. The number of fused-ring (bicyclic) bond motifs is 1. The standard InChI is InChI=1S/C26H26N4O4S/c1-17-24-22(26(31)27-15-18-8-10-21(34-2)11-9-18)14-23(19-6-4-3-5-7-19)28-25(24)30(29-17)20-12-13-35(32,33)16-20/h3-11,14,20H,12-13,15-16H2,1-2H3,(H,27,31)/t20-/m0/s1. The van der Waals surface area contributed by atoms with Gasteiger partial charge in [-0.15, -0.1) is 0 Å². The Hall–Kier alpha value is -3.72. The number of methoxy groups -OCH3 is 1. The van der Waals surface area contributed by atoms with Crippen molar-refractivity contribution in [1.29, 1.82) is 0 Å². The third-order valence-corrected chi connectivity index (χ3v) is 8.07. The highest BCUT2D eigenvalue weighted by atomic mass is 32.2. The van der Waals surface area contributed by atoms with Crippen LogP contribution in [0.2, 0.25) is 0 Å². The van der Waals surface area contributed by atoms with E-state index in [1.165, 1.54) is 0 Å². The lowest BCUT2D eigenvalue weighted by Gasteiger charge is -2.12. The maximum absolute atomic E-state index is 13.4. The number of hydrogen-bond donors (Lipinski definition) is 1. The number of nitrogens with zero attached hydrogens (tertiary/aromatic N) is 3. The quantitative estimate of drug-likeness (QED) is 0.442. The number of amides is 1.